The summed E-state index contributed by atoms with van der Waals surface area (Å²) in [6.45, 7) is 7.83. The summed E-state index contributed by atoms with van der Waals surface area (Å²) in [5.74, 6) is 1.55. The molecule has 3 heterocycles. The van der Waals surface area contributed by atoms with E-state index in [0.717, 1.165) is 39.3 Å². The first kappa shape index (κ1) is 17.9. The van der Waals surface area contributed by atoms with Crippen LogP contribution in [0.5, 0.6) is 0 Å². The fourth-order valence-corrected chi connectivity index (χ4v) is 4.44. The molecule has 1 unspecified atom stereocenters. The number of piperazine rings is 1. The van der Waals surface area contributed by atoms with Crippen LogP contribution in [0.3, 0.4) is 0 Å². The summed E-state index contributed by atoms with van der Waals surface area (Å²) in [5, 5.41) is 3.84. The van der Waals surface area contributed by atoms with Gasteiger partial charge in [0.25, 0.3) is 0 Å². The van der Waals surface area contributed by atoms with Crippen molar-refractivity contribution >= 4 is 5.91 Å². The Morgan fingerprint density at radius 2 is 1.92 bits per heavy atom. The van der Waals surface area contributed by atoms with Crippen molar-refractivity contribution in [2.45, 2.75) is 51.2 Å². The molecular weight excluding hydrogens is 334 g/mol. The van der Waals surface area contributed by atoms with Gasteiger partial charge in [-0.1, -0.05) is 18.0 Å². The van der Waals surface area contributed by atoms with Crippen LogP contribution in [0.2, 0.25) is 0 Å². The maximum atomic E-state index is 13.1. The molecule has 1 aromatic rings. The van der Waals surface area contributed by atoms with Crippen molar-refractivity contribution in [3.05, 3.63) is 11.7 Å². The number of aryl methyl sites for hydroxylation is 1. The number of rotatable bonds is 4. The molecule has 0 aromatic carbocycles. The Kier molecular flexibility index (Phi) is 5.52. The van der Waals surface area contributed by atoms with E-state index in [9.17, 15) is 4.79 Å². The molecule has 26 heavy (non-hydrogen) atoms. The zero-order valence-corrected chi connectivity index (χ0v) is 15.6. The predicted molar refractivity (Wildman–Crippen MR) is 94.5 cm³/mol. The molecule has 3 fully saturated rings. The van der Waals surface area contributed by atoms with Gasteiger partial charge in [-0.15, -0.1) is 0 Å². The van der Waals surface area contributed by atoms with Gasteiger partial charge >= 0.3 is 0 Å². The Balaban J connectivity index is 1.32. The lowest BCUT2D eigenvalue weighted by Crippen LogP contribution is -2.60. The van der Waals surface area contributed by atoms with Gasteiger partial charge in [0.1, 0.15) is 6.04 Å². The van der Waals surface area contributed by atoms with E-state index in [1.807, 2.05) is 11.8 Å². The fraction of sp³-hybridized carbons (Fsp3) is 0.833. The summed E-state index contributed by atoms with van der Waals surface area (Å²) in [7, 11) is 0. The normalized spacial score (nSPS) is 26.5. The Morgan fingerprint density at radius 3 is 2.62 bits per heavy atom. The Labute approximate surface area is 154 Å². The third kappa shape index (κ3) is 3.92. The van der Waals surface area contributed by atoms with Gasteiger partial charge < -0.3 is 14.2 Å². The van der Waals surface area contributed by atoms with E-state index in [1.54, 1.807) is 0 Å². The Hall–Kier alpha value is -1.51. The first-order chi connectivity index (χ1) is 12.7. The van der Waals surface area contributed by atoms with E-state index in [1.165, 1.54) is 25.7 Å². The highest BCUT2D eigenvalue weighted by molar-refractivity contribution is 5.82. The molecule has 8 nitrogen and oxygen atoms in total. The first-order valence-electron chi connectivity index (χ1n) is 9.84. The van der Waals surface area contributed by atoms with Crippen LogP contribution in [0.25, 0.3) is 0 Å². The van der Waals surface area contributed by atoms with Crippen molar-refractivity contribution in [1.82, 2.24) is 24.8 Å². The quantitative estimate of drug-likeness (QED) is 0.778. The number of morpholine rings is 1. The lowest BCUT2D eigenvalue weighted by Gasteiger charge is -2.42. The minimum atomic E-state index is -0.100. The summed E-state index contributed by atoms with van der Waals surface area (Å²) in [5.41, 5.74) is 0. The van der Waals surface area contributed by atoms with Crippen LogP contribution < -0.4 is 0 Å². The van der Waals surface area contributed by atoms with Gasteiger partial charge in [0.2, 0.25) is 11.8 Å². The summed E-state index contributed by atoms with van der Waals surface area (Å²) in [6.07, 6.45) is 5.02. The molecule has 4 rings (SSSR count). The zero-order chi connectivity index (χ0) is 17.9. The second-order valence-electron chi connectivity index (χ2n) is 7.60. The van der Waals surface area contributed by atoms with E-state index in [0.29, 0.717) is 30.9 Å². The van der Waals surface area contributed by atoms with E-state index < -0.39 is 0 Å². The molecule has 144 valence electrons. The van der Waals surface area contributed by atoms with E-state index in [2.05, 4.69) is 19.9 Å². The zero-order valence-electron chi connectivity index (χ0n) is 15.6. The van der Waals surface area contributed by atoms with Crippen molar-refractivity contribution in [2.75, 3.05) is 45.9 Å². The van der Waals surface area contributed by atoms with Crippen molar-refractivity contribution < 1.29 is 14.1 Å². The molecule has 1 aliphatic carbocycles. The molecule has 1 amide bonds. The second-order valence-corrected chi connectivity index (χ2v) is 7.60. The van der Waals surface area contributed by atoms with Crippen LogP contribution in [0.1, 0.15) is 37.4 Å². The van der Waals surface area contributed by atoms with Crippen LogP contribution in [0.15, 0.2) is 4.52 Å². The van der Waals surface area contributed by atoms with Gasteiger partial charge in [-0.3, -0.25) is 14.6 Å². The molecule has 2 saturated heterocycles. The number of carbonyl (C=O) groups excluding carboxylic acids is 1. The molecule has 0 radical (unpaired) electrons. The van der Waals surface area contributed by atoms with Crippen molar-refractivity contribution in [1.29, 1.82) is 0 Å². The van der Waals surface area contributed by atoms with Crippen molar-refractivity contribution in [3.63, 3.8) is 0 Å². The molecule has 3 aliphatic rings. The highest BCUT2D eigenvalue weighted by atomic mass is 16.5. The lowest BCUT2D eigenvalue weighted by molar-refractivity contribution is -0.147. The summed E-state index contributed by atoms with van der Waals surface area (Å²) in [4.78, 5) is 24.1. The lowest BCUT2D eigenvalue weighted by atomic mass is 10.1. The number of hydrogen-bond donors (Lipinski definition) is 0. The smallest absolute Gasteiger partial charge is 0.242 e. The topological polar surface area (TPSA) is 74.9 Å². The van der Waals surface area contributed by atoms with Crippen molar-refractivity contribution in [2.24, 2.45) is 0 Å². The summed E-state index contributed by atoms with van der Waals surface area (Å²) in [6, 6.07) is 0.465. The number of amides is 1. The molecule has 0 bridgehead atoms. The SMILES string of the molecule is Cc1noc(CN2CCN(C(=O)C3COCCN3C3CCCC3)CC2)n1. The molecule has 0 spiro atoms. The van der Waals surface area contributed by atoms with E-state index in [4.69, 9.17) is 9.26 Å². The fourth-order valence-electron chi connectivity index (χ4n) is 4.44. The number of carbonyl (C=O) groups is 1. The maximum absolute atomic E-state index is 13.1. The predicted octanol–water partition coefficient (Wildman–Crippen LogP) is 0.666. The van der Waals surface area contributed by atoms with Crippen LogP contribution in [-0.4, -0.2) is 88.8 Å². The molecule has 2 aliphatic heterocycles. The number of hydrogen-bond acceptors (Lipinski definition) is 7. The van der Waals surface area contributed by atoms with Crippen molar-refractivity contribution in [3.8, 4) is 0 Å². The van der Waals surface area contributed by atoms with Crippen LogP contribution in [-0.2, 0) is 16.1 Å². The van der Waals surface area contributed by atoms with Gasteiger partial charge in [-0.25, -0.2) is 0 Å². The third-order valence-corrected chi connectivity index (χ3v) is 5.86. The van der Waals surface area contributed by atoms with Crippen LogP contribution >= 0.6 is 0 Å². The van der Waals surface area contributed by atoms with Gasteiger partial charge in [0.05, 0.1) is 19.8 Å². The standard InChI is InChI=1S/C18H29N5O3/c1-14-19-17(26-20-14)12-21-6-8-22(9-7-21)18(24)16-13-25-11-10-23(16)15-4-2-3-5-15/h15-16H,2-13H2,1H3. The molecule has 1 atom stereocenters. The Morgan fingerprint density at radius 1 is 1.15 bits per heavy atom. The third-order valence-electron chi connectivity index (χ3n) is 5.86. The molecule has 0 N–H and O–H groups in total. The second kappa shape index (κ2) is 8.02. The monoisotopic (exact) mass is 363 g/mol. The summed E-state index contributed by atoms with van der Waals surface area (Å²) < 4.78 is 10.9. The average molecular weight is 363 g/mol. The first-order valence-corrected chi connectivity index (χ1v) is 9.84. The minimum absolute atomic E-state index is 0.100. The van der Waals surface area contributed by atoms with Crippen LogP contribution in [0, 0.1) is 6.92 Å². The van der Waals surface area contributed by atoms with Gasteiger partial charge in [-0.2, -0.15) is 4.98 Å². The largest absolute Gasteiger partial charge is 0.378 e. The van der Waals surface area contributed by atoms with Gasteiger partial charge in [0, 0.05) is 38.8 Å². The Bertz CT molecular complexity index is 608. The molecule has 1 saturated carbocycles. The molecular formula is C18H29N5O3. The number of nitrogens with zero attached hydrogens (tertiary/aromatic N) is 5. The minimum Gasteiger partial charge on any atom is -0.378 e. The molecule has 8 heteroatoms. The highest BCUT2D eigenvalue weighted by Crippen LogP contribution is 2.27. The maximum Gasteiger partial charge on any atom is 0.242 e. The number of aromatic nitrogens is 2. The number of ether oxygens (including phenoxy) is 1. The van der Waals surface area contributed by atoms with E-state index >= 15 is 0 Å². The van der Waals surface area contributed by atoms with Crippen LogP contribution in [0.4, 0.5) is 0 Å². The average Bonchev–Trinajstić information content (AvgIpc) is 3.34. The van der Waals surface area contributed by atoms with Gasteiger partial charge in [-0.05, 0) is 19.8 Å². The highest BCUT2D eigenvalue weighted by Gasteiger charge is 2.38. The van der Waals surface area contributed by atoms with Gasteiger partial charge in [0.15, 0.2) is 5.82 Å². The summed E-state index contributed by atoms with van der Waals surface area (Å²) >= 11 is 0. The molecule has 1 aromatic heterocycles. The van der Waals surface area contributed by atoms with E-state index in [-0.39, 0.29) is 11.9 Å².